The average molecular weight is 286 g/mol. The Morgan fingerprint density at radius 1 is 1.19 bits per heavy atom. The van der Waals surface area contributed by atoms with Gasteiger partial charge in [0.25, 0.3) is 0 Å². The number of nitrogens with two attached hydrogens (primary N) is 1. The molecule has 1 fully saturated rings. The monoisotopic (exact) mass is 286 g/mol. The Labute approximate surface area is 127 Å². The van der Waals surface area contributed by atoms with E-state index in [1.807, 2.05) is 0 Å². The molecule has 3 rings (SSSR count). The molecule has 3 N–H and O–H groups in total. The molecule has 3 heteroatoms. The summed E-state index contributed by atoms with van der Waals surface area (Å²) in [5.74, 6) is 0.203. The van der Waals surface area contributed by atoms with Gasteiger partial charge in [0.15, 0.2) is 0 Å². The van der Waals surface area contributed by atoms with Gasteiger partial charge in [-0.2, -0.15) is 0 Å². The minimum atomic E-state index is -0.296. The Kier molecular flexibility index (Phi) is 4.29. The average Bonchev–Trinajstić information content (AvgIpc) is 2.55. The van der Waals surface area contributed by atoms with E-state index in [1.54, 1.807) is 0 Å². The summed E-state index contributed by atoms with van der Waals surface area (Å²) < 4.78 is 0. The van der Waals surface area contributed by atoms with Crippen LogP contribution in [0.2, 0.25) is 0 Å². The highest BCUT2D eigenvalue weighted by molar-refractivity contribution is 5.83. The number of rotatable bonds is 3. The zero-order valence-corrected chi connectivity index (χ0v) is 12.7. The van der Waals surface area contributed by atoms with Crippen LogP contribution in [0.5, 0.6) is 0 Å². The summed E-state index contributed by atoms with van der Waals surface area (Å²) in [6.45, 7) is 0.488. The van der Waals surface area contributed by atoms with Gasteiger partial charge in [-0.05, 0) is 43.2 Å². The Morgan fingerprint density at radius 3 is 2.62 bits per heavy atom. The molecule has 1 amide bonds. The van der Waals surface area contributed by atoms with Gasteiger partial charge in [0.05, 0.1) is 5.41 Å². The maximum atomic E-state index is 12.7. The molecule has 1 atom stereocenters. The number of nitrogens with one attached hydrogen (secondary N) is 1. The molecular formula is C18H26N2O. The largest absolute Gasteiger partial charge is 0.353 e. The minimum Gasteiger partial charge on any atom is -0.353 e. The Balaban J connectivity index is 1.65. The van der Waals surface area contributed by atoms with Gasteiger partial charge >= 0.3 is 0 Å². The van der Waals surface area contributed by atoms with Crippen molar-refractivity contribution in [3.63, 3.8) is 0 Å². The van der Waals surface area contributed by atoms with E-state index < -0.39 is 0 Å². The predicted molar refractivity (Wildman–Crippen MR) is 85.0 cm³/mol. The molecule has 21 heavy (non-hydrogen) atoms. The summed E-state index contributed by atoms with van der Waals surface area (Å²) in [6.07, 6.45) is 8.50. The molecule has 1 aromatic rings. The summed E-state index contributed by atoms with van der Waals surface area (Å²) in [5, 5.41) is 3.30. The predicted octanol–water partition coefficient (Wildman–Crippen LogP) is 2.57. The molecule has 0 heterocycles. The second-order valence-corrected chi connectivity index (χ2v) is 6.73. The van der Waals surface area contributed by atoms with Crippen LogP contribution in [-0.4, -0.2) is 18.5 Å². The van der Waals surface area contributed by atoms with Gasteiger partial charge in [-0.25, -0.2) is 0 Å². The molecule has 0 spiro atoms. The van der Waals surface area contributed by atoms with E-state index in [2.05, 4.69) is 29.6 Å². The first-order valence-corrected chi connectivity index (χ1v) is 8.31. The van der Waals surface area contributed by atoms with E-state index in [9.17, 15) is 4.79 Å². The van der Waals surface area contributed by atoms with Gasteiger partial charge in [0.1, 0.15) is 0 Å². The number of benzene rings is 1. The lowest BCUT2D eigenvalue weighted by atomic mass is 9.73. The van der Waals surface area contributed by atoms with Crippen molar-refractivity contribution in [3.8, 4) is 0 Å². The van der Waals surface area contributed by atoms with Gasteiger partial charge in [-0.1, -0.05) is 43.5 Å². The molecule has 0 bridgehead atoms. The Morgan fingerprint density at radius 2 is 1.90 bits per heavy atom. The van der Waals surface area contributed by atoms with Crippen LogP contribution in [0.15, 0.2) is 24.3 Å². The lowest BCUT2D eigenvalue weighted by Crippen LogP contribution is -2.51. The van der Waals surface area contributed by atoms with Gasteiger partial charge < -0.3 is 11.1 Å². The van der Waals surface area contributed by atoms with Gasteiger partial charge in [0, 0.05) is 12.6 Å². The normalized spacial score (nSPS) is 24.1. The third kappa shape index (κ3) is 2.98. The molecule has 0 radical (unpaired) electrons. The van der Waals surface area contributed by atoms with Crippen molar-refractivity contribution < 1.29 is 4.79 Å². The zero-order chi connectivity index (χ0) is 14.7. The molecule has 1 unspecified atom stereocenters. The van der Waals surface area contributed by atoms with Crippen LogP contribution in [0.3, 0.4) is 0 Å². The lowest BCUT2D eigenvalue weighted by Gasteiger charge is -2.37. The van der Waals surface area contributed by atoms with Crippen LogP contribution in [0.4, 0.5) is 0 Å². The van der Waals surface area contributed by atoms with Crippen molar-refractivity contribution in [2.24, 2.45) is 11.1 Å². The summed E-state index contributed by atoms with van der Waals surface area (Å²) in [7, 11) is 0. The van der Waals surface area contributed by atoms with Gasteiger partial charge in [0.2, 0.25) is 5.91 Å². The zero-order valence-electron chi connectivity index (χ0n) is 12.7. The van der Waals surface area contributed by atoms with E-state index in [-0.39, 0.29) is 17.4 Å². The molecule has 114 valence electrons. The SMILES string of the molecule is NCC1(C(=O)NC2CCc3ccccc3C2)CCCCC1. The van der Waals surface area contributed by atoms with E-state index in [4.69, 9.17) is 5.73 Å². The summed E-state index contributed by atoms with van der Waals surface area (Å²) in [5.41, 5.74) is 8.49. The first-order valence-electron chi connectivity index (χ1n) is 8.31. The summed E-state index contributed by atoms with van der Waals surface area (Å²) in [4.78, 5) is 12.7. The van der Waals surface area contributed by atoms with Gasteiger partial charge in [-0.15, -0.1) is 0 Å². The van der Waals surface area contributed by atoms with Crippen LogP contribution in [0.1, 0.15) is 49.7 Å². The van der Waals surface area contributed by atoms with Crippen LogP contribution in [0, 0.1) is 5.41 Å². The lowest BCUT2D eigenvalue weighted by molar-refractivity contribution is -0.133. The van der Waals surface area contributed by atoms with Crippen molar-refractivity contribution in [3.05, 3.63) is 35.4 Å². The number of hydrogen-bond acceptors (Lipinski definition) is 2. The number of amides is 1. The van der Waals surface area contributed by atoms with E-state index >= 15 is 0 Å². The number of carbonyl (C=O) groups is 1. The fourth-order valence-electron chi connectivity index (χ4n) is 3.91. The Bertz CT molecular complexity index is 506. The first-order chi connectivity index (χ1) is 10.2. The smallest absolute Gasteiger partial charge is 0.227 e. The molecule has 2 aliphatic rings. The molecule has 1 aromatic carbocycles. The van der Waals surface area contributed by atoms with E-state index in [1.165, 1.54) is 17.5 Å². The number of hydrogen-bond donors (Lipinski definition) is 2. The highest BCUT2D eigenvalue weighted by atomic mass is 16.2. The second kappa shape index (κ2) is 6.18. The summed E-state index contributed by atoms with van der Waals surface area (Å²) >= 11 is 0. The number of carbonyl (C=O) groups excluding carboxylic acids is 1. The Hall–Kier alpha value is -1.35. The van der Waals surface area contributed by atoms with Crippen molar-refractivity contribution >= 4 is 5.91 Å². The van der Waals surface area contributed by atoms with Crippen molar-refractivity contribution in [1.82, 2.24) is 5.32 Å². The highest BCUT2D eigenvalue weighted by Crippen LogP contribution is 2.36. The van der Waals surface area contributed by atoms with Gasteiger partial charge in [-0.3, -0.25) is 4.79 Å². The highest BCUT2D eigenvalue weighted by Gasteiger charge is 2.39. The quantitative estimate of drug-likeness (QED) is 0.897. The number of aryl methyl sites for hydroxylation is 1. The first kappa shape index (κ1) is 14.6. The van der Waals surface area contributed by atoms with E-state index in [0.717, 1.165) is 44.9 Å². The molecule has 2 aliphatic carbocycles. The molecule has 0 aliphatic heterocycles. The third-order valence-electron chi connectivity index (χ3n) is 5.37. The minimum absolute atomic E-state index is 0.203. The molecule has 1 saturated carbocycles. The maximum Gasteiger partial charge on any atom is 0.227 e. The second-order valence-electron chi connectivity index (χ2n) is 6.73. The third-order valence-corrected chi connectivity index (χ3v) is 5.37. The molecular weight excluding hydrogens is 260 g/mol. The maximum absolute atomic E-state index is 12.7. The standard InChI is InChI=1S/C18H26N2O/c19-13-18(10-4-1-5-11-18)17(21)20-16-9-8-14-6-2-3-7-15(14)12-16/h2-3,6-7,16H,1,4-5,8-13,19H2,(H,20,21). The topological polar surface area (TPSA) is 55.1 Å². The molecule has 0 aromatic heterocycles. The molecule has 0 saturated heterocycles. The summed E-state index contributed by atoms with van der Waals surface area (Å²) in [6, 6.07) is 8.86. The van der Waals surface area contributed by atoms with Crippen LogP contribution in [0.25, 0.3) is 0 Å². The fraction of sp³-hybridized carbons (Fsp3) is 0.611. The van der Waals surface area contributed by atoms with Crippen molar-refractivity contribution in [1.29, 1.82) is 0 Å². The fourth-order valence-corrected chi connectivity index (χ4v) is 3.91. The van der Waals surface area contributed by atoms with Crippen LogP contribution in [-0.2, 0) is 17.6 Å². The van der Waals surface area contributed by atoms with Crippen LogP contribution >= 0.6 is 0 Å². The van der Waals surface area contributed by atoms with Crippen molar-refractivity contribution in [2.45, 2.75) is 57.4 Å². The van der Waals surface area contributed by atoms with E-state index in [0.29, 0.717) is 6.54 Å². The molecule has 3 nitrogen and oxygen atoms in total. The van der Waals surface area contributed by atoms with Crippen molar-refractivity contribution in [2.75, 3.05) is 6.54 Å². The van der Waals surface area contributed by atoms with Crippen LogP contribution < -0.4 is 11.1 Å². The number of fused-ring (bicyclic) bond motifs is 1.